The quantitative estimate of drug-likeness (QED) is 0.737. The second kappa shape index (κ2) is 7.95. The lowest BCUT2D eigenvalue weighted by Gasteiger charge is -2.27. The van der Waals surface area contributed by atoms with Gasteiger partial charge in [0.05, 0.1) is 14.2 Å². The molecular weight excluding hydrogens is 344 g/mol. The van der Waals surface area contributed by atoms with Gasteiger partial charge in [0.15, 0.2) is 5.70 Å². The molecule has 0 aliphatic carbocycles. The van der Waals surface area contributed by atoms with Gasteiger partial charge in [-0.15, -0.1) is 5.11 Å². The fourth-order valence-electron chi connectivity index (χ4n) is 3.27. The Balaban J connectivity index is 2.13. The molecule has 138 valence electrons. The highest BCUT2D eigenvalue weighted by Crippen LogP contribution is 2.39. The molecule has 1 aliphatic heterocycles. The smallest absolute Gasteiger partial charge is 0.359 e. The zero-order valence-corrected chi connectivity index (χ0v) is 15.2. The summed E-state index contributed by atoms with van der Waals surface area (Å²) in [6.07, 6.45) is 0.800. The minimum atomic E-state index is -1.04. The van der Waals surface area contributed by atoms with Gasteiger partial charge < -0.3 is 9.47 Å². The van der Waals surface area contributed by atoms with E-state index in [-0.39, 0.29) is 11.3 Å². The number of carbonyl (C=O) groups excluding carboxylic acids is 2. The molecule has 0 bridgehead atoms. The van der Waals surface area contributed by atoms with Crippen LogP contribution in [0.3, 0.4) is 0 Å². The van der Waals surface area contributed by atoms with E-state index in [1.165, 1.54) is 14.2 Å². The molecular formula is C21H20N2O4. The lowest BCUT2D eigenvalue weighted by atomic mass is 9.79. The maximum atomic E-state index is 12.6. The molecule has 0 N–H and O–H groups in total. The number of ether oxygens (including phenoxy) is 2. The predicted molar refractivity (Wildman–Crippen MR) is 98.9 cm³/mol. The van der Waals surface area contributed by atoms with E-state index in [0.717, 1.165) is 11.1 Å². The summed E-state index contributed by atoms with van der Waals surface area (Å²) < 4.78 is 9.76. The topological polar surface area (TPSA) is 77.3 Å². The van der Waals surface area contributed by atoms with Crippen LogP contribution in [0.5, 0.6) is 0 Å². The Morgan fingerprint density at radius 1 is 0.815 bits per heavy atom. The lowest BCUT2D eigenvalue weighted by molar-refractivity contribution is -0.139. The molecule has 6 nitrogen and oxygen atoms in total. The minimum Gasteiger partial charge on any atom is -0.466 e. The van der Waals surface area contributed by atoms with Gasteiger partial charge in [-0.1, -0.05) is 60.7 Å². The summed E-state index contributed by atoms with van der Waals surface area (Å²) in [5.41, 5.74) is 0.930. The Labute approximate surface area is 157 Å². The number of methoxy groups -OCH3 is 2. The average molecular weight is 364 g/mol. The number of hydrogen-bond acceptors (Lipinski definition) is 6. The van der Waals surface area contributed by atoms with Gasteiger partial charge in [0.1, 0.15) is 11.1 Å². The van der Waals surface area contributed by atoms with Crippen molar-refractivity contribution in [3.63, 3.8) is 0 Å². The van der Waals surface area contributed by atoms with E-state index in [2.05, 4.69) is 10.2 Å². The van der Waals surface area contributed by atoms with E-state index < -0.39 is 17.5 Å². The summed E-state index contributed by atoms with van der Waals surface area (Å²) in [4.78, 5) is 24.8. The monoisotopic (exact) mass is 364 g/mol. The summed E-state index contributed by atoms with van der Waals surface area (Å²) in [6, 6.07) is 19.3. The van der Waals surface area contributed by atoms with Crippen molar-refractivity contribution < 1.29 is 19.1 Å². The van der Waals surface area contributed by atoms with Crippen LogP contribution in [0.15, 0.2) is 82.2 Å². The van der Waals surface area contributed by atoms with Crippen LogP contribution < -0.4 is 0 Å². The average Bonchev–Trinajstić information content (AvgIpc) is 3.07. The zero-order chi connectivity index (χ0) is 19.3. The predicted octanol–water partition coefficient (Wildman–Crippen LogP) is 3.28. The highest BCUT2D eigenvalue weighted by Gasteiger charge is 2.47. The first-order valence-electron chi connectivity index (χ1n) is 8.52. The van der Waals surface area contributed by atoms with Crippen molar-refractivity contribution >= 4 is 11.9 Å². The number of azo groups is 1. The van der Waals surface area contributed by atoms with Gasteiger partial charge in [-0.2, -0.15) is 5.11 Å². The molecule has 2 aromatic rings. The van der Waals surface area contributed by atoms with E-state index in [4.69, 9.17) is 9.47 Å². The number of esters is 2. The maximum Gasteiger partial charge on any atom is 0.359 e. The highest BCUT2D eigenvalue weighted by molar-refractivity contribution is 6.02. The fourth-order valence-corrected chi connectivity index (χ4v) is 3.27. The van der Waals surface area contributed by atoms with Crippen LogP contribution in [-0.2, 0) is 31.9 Å². The van der Waals surface area contributed by atoms with Crippen LogP contribution in [0.25, 0.3) is 0 Å². The molecule has 0 saturated carbocycles. The van der Waals surface area contributed by atoms with E-state index in [1.807, 2.05) is 60.7 Å². The number of nitrogens with zero attached hydrogens (tertiary/aromatic N) is 2. The van der Waals surface area contributed by atoms with Crippen LogP contribution in [0.1, 0.15) is 11.1 Å². The molecule has 3 rings (SSSR count). The first kappa shape index (κ1) is 18.5. The Morgan fingerprint density at radius 3 is 1.74 bits per heavy atom. The van der Waals surface area contributed by atoms with E-state index >= 15 is 0 Å². The summed E-state index contributed by atoms with van der Waals surface area (Å²) in [6.45, 7) is 0. The molecule has 0 aromatic heterocycles. The molecule has 0 saturated heterocycles. The Bertz CT molecular complexity index is 847. The first-order chi connectivity index (χ1) is 13.1. The second-order valence-corrected chi connectivity index (χ2v) is 6.26. The SMILES string of the molecule is COC(=O)C1=C(C(=O)OC)C(Cc2ccccc2)(Cc2ccccc2)N=N1. The Kier molecular flexibility index (Phi) is 5.45. The Morgan fingerprint density at radius 2 is 1.30 bits per heavy atom. The van der Waals surface area contributed by atoms with E-state index in [9.17, 15) is 9.59 Å². The van der Waals surface area contributed by atoms with Crippen molar-refractivity contribution in [2.75, 3.05) is 14.2 Å². The van der Waals surface area contributed by atoms with Crippen molar-refractivity contribution in [3.8, 4) is 0 Å². The molecule has 0 amide bonds. The van der Waals surface area contributed by atoms with Crippen LogP contribution >= 0.6 is 0 Å². The third-order valence-electron chi connectivity index (χ3n) is 4.49. The van der Waals surface area contributed by atoms with E-state index in [0.29, 0.717) is 12.8 Å². The molecule has 1 heterocycles. The molecule has 0 radical (unpaired) electrons. The number of hydrogen-bond donors (Lipinski definition) is 0. The normalized spacial score (nSPS) is 14.9. The number of rotatable bonds is 6. The van der Waals surface area contributed by atoms with Gasteiger partial charge in [-0.3, -0.25) is 0 Å². The molecule has 0 atom stereocenters. The van der Waals surface area contributed by atoms with Crippen LogP contribution in [-0.4, -0.2) is 31.7 Å². The lowest BCUT2D eigenvalue weighted by Crippen LogP contribution is -2.37. The van der Waals surface area contributed by atoms with Gasteiger partial charge in [-0.25, -0.2) is 9.59 Å². The summed E-state index contributed by atoms with van der Waals surface area (Å²) in [5.74, 6) is -1.34. The van der Waals surface area contributed by atoms with Crippen LogP contribution in [0.4, 0.5) is 0 Å². The third kappa shape index (κ3) is 3.79. The van der Waals surface area contributed by atoms with Gasteiger partial charge in [0, 0.05) is 12.8 Å². The molecule has 6 heteroatoms. The highest BCUT2D eigenvalue weighted by atomic mass is 16.5. The zero-order valence-electron chi connectivity index (χ0n) is 15.2. The summed E-state index contributed by atoms with van der Waals surface area (Å²) in [5, 5.41) is 8.44. The standard InChI is InChI=1S/C21H20N2O4/c1-26-19(24)17-18(20(25)27-2)22-23-21(17,13-15-9-5-3-6-10-15)14-16-11-7-4-8-12-16/h3-12H,13-14H2,1-2H3. The van der Waals surface area contributed by atoms with Gasteiger partial charge in [-0.05, 0) is 11.1 Å². The maximum absolute atomic E-state index is 12.6. The third-order valence-corrected chi connectivity index (χ3v) is 4.49. The minimum absolute atomic E-state index is 0.101. The van der Waals surface area contributed by atoms with Crippen molar-refractivity contribution in [2.45, 2.75) is 18.4 Å². The van der Waals surface area contributed by atoms with Crippen molar-refractivity contribution in [3.05, 3.63) is 83.1 Å². The van der Waals surface area contributed by atoms with Gasteiger partial charge in [0.2, 0.25) is 0 Å². The summed E-state index contributed by atoms with van der Waals surface area (Å²) >= 11 is 0. The second-order valence-electron chi connectivity index (χ2n) is 6.26. The molecule has 0 spiro atoms. The molecule has 0 fully saturated rings. The summed E-state index contributed by atoms with van der Waals surface area (Å²) in [7, 11) is 2.52. The largest absolute Gasteiger partial charge is 0.466 e. The van der Waals surface area contributed by atoms with Crippen molar-refractivity contribution in [1.82, 2.24) is 0 Å². The Hall–Kier alpha value is -3.28. The van der Waals surface area contributed by atoms with Crippen molar-refractivity contribution in [2.24, 2.45) is 10.2 Å². The molecule has 1 aliphatic rings. The first-order valence-corrected chi connectivity index (χ1v) is 8.52. The van der Waals surface area contributed by atoms with Crippen LogP contribution in [0, 0.1) is 0 Å². The number of carbonyl (C=O) groups is 2. The molecule has 27 heavy (non-hydrogen) atoms. The fraction of sp³-hybridized carbons (Fsp3) is 0.238. The molecule has 0 unspecified atom stereocenters. The molecule has 2 aromatic carbocycles. The van der Waals surface area contributed by atoms with Crippen molar-refractivity contribution in [1.29, 1.82) is 0 Å². The number of benzene rings is 2. The van der Waals surface area contributed by atoms with Gasteiger partial charge in [0.25, 0.3) is 0 Å². The van der Waals surface area contributed by atoms with Gasteiger partial charge >= 0.3 is 11.9 Å². The van der Waals surface area contributed by atoms with Crippen LogP contribution in [0.2, 0.25) is 0 Å². The van der Waals surface area contributed by atoms with E-state index in [1.54, 1.807) is 0 Å².